The van der Waals surface area contributed by atoms with Crippen LogP contribution in [0, 0.1) is 6.92 Å². The Labute approximate surface area is 192 Å². The lowest BCUT2D eigenvalue weighted by Crippen LogP contribution is -2.16. The second-order valence-electron chi connectivity index (χ2n) is 6.80. The van der Waals surface area contributed by atoms with Crippen LogP contribution in [-0.2, 0) is 16.6 Å². The van der Waals surface area contributed by atoms with Crippen LogP contribution in [0.2, 0.25) is 0 Å². The SMILES string of the molecule is COC(=O)c1c(-c2ccccc2)csc1NC(=O)CSc1nnc(-c2ccoc2C)n1C. The smallest absolute Gasteiger partial charge is 0.341 e. The predicted molar refractivity (Wildman–Crippen MR) is 124 cm³/mol. The van der Waals surface area contributed by atoms with Gasteiger partial charge in [-0.15, -0.1) is 21.5 Å². The molecule has 0 aliphatic heterocycles. The molecule has 4 rings (SSSR count). The quantitative estimate of drug-likeness (QED) is 0.312. The second kappa shape index (κ2) is 9.41. The molecule has 8 nitrogen and oxygen atoms in total. The van der Waals surface area contributed by atoms with Crippen LogP contribution in [0.5, 0.6) is 0 Å². The fourth-order valence-electron chi connectivity index (χ4n) is 3.17. The lowest BCUT2D eigenvalue weighted by atomic mass is 10.0. The van der Waals surface area contributed by atoms with Crippen molar-refractivity contribution in [2.24, 2.45) is 7.05 Å². The number of methoxy groups -OCH3 is 1. The van der Waals surface area contributed by atoms with Gasteiger partial charge in [-0.3, -0.25) is 4.79 Å². The Balaban J connectivity index is 1.48. The van der Waals surface area contributed by atoms with Crippen LogP contribution >= 0.6 is 23.1 Å². The minimum atomic E-state index is -0.499. The molecule has 4 aromatic rings. The molecule has 1 amide bonds. The summed E-state index contributed by atoms with van der Waals surface area (Å²) in [6, 6.07) is 11.3. The summed E-state index contributed by atoms with van der Waals surface area (Å²) in [7, 11) is 3.16. The number of benzene rings is 1. The van der Waals surface area contributed by atoms with Gasteiger partial charge in [-0.1, -0.05) is 42.1 Å². The Bertz CT molecular complexity index is 1260. The summed E-state index contributed by atoms with van der Waals surface area (Å²) in [5.74, 6) is 0.761. The van der Waals surface area contributed by atoms with Gasteiger partial charge in [-0.05, 0) is 18.6 Å². The molecule has 0 spiro atoms. The number of carbonyl (C=O) groups excluding carboxylic acids is 2. The standard InChI is InChI=1S/C22H20N4O4S2/c1-13-15(9-10-30-13)19-24-25-22(26(19)2)32-12-17(27)23-20-18(21(28)29-3)16(11-31-20)14-7-5-4-6-8-14/h4-11H,12H2,1-3H3,(H,23,27). The maximum Gasteiger partial charge on any atom is 0.341 e. The summed E-state index contributed by atoms with van der Waals surface area (Å²) in [5, 5.41) is 14.1. The number of aryl methyl sites for hydroxylation is 1. The first-order chi connectivity index (χ1) is 15.5. The zero-order valence-electron chi connectivity index (χ0n) is 17.6. The third-order valence-electron chi connectivity index (χ3n) is 4.79. The van der Waals surface area contributed by atoms with Gasteiger partial charge in [0.1, 0.15) is 16.3 Å². The Morgan fingerprint density at radius 3 is 2.66 bits per heavy atom. The van der Waals surface area contributed by atoms with Gasteiger partial charge in [0.2, 0.25) is 5.91 Å². The van der Waals surface area contributed by atoms with Crippen LogP contribution in [0.4, 0.5) is 5.00 Å². The molecule has 3 heterocycles. The Morgan fingerprint density at radius 1 is 1.19 bits per heavy atom. The van der Waals surface area contributed by atoms with E-state index in [1.54, 1.807) is 6.26 Å². The van der Waals surface area contributed by atoms with Gasteiger partial charge >= 0.3 is 5.97 Å². The number of thiophene rings is 1. The van der Waals surface area contributed by atoms with Crippen LogP contribution in [0.15, 0.2) is 57.6 Å². The molecule has 0 fully saturated rings. The number of carbonyl (C=O) groups is 2. The van der Waals surface area contributed by atoms with Crippen molar-refractivity contribution in [1.29, 1.82) is 0 Å². The van der Waals surface area contributed by atoms with Gasteiger partial charge in [0.25, 0.3) is 0 Å². The third-order valence-corrected chi connectivity index (χ3v) is 6.70. The molecular formula is C22H20N4O4S2. The third kappa shape index (κ3) is 4.32. The highest BCUT2D eigenvalue weighted by atomic mass is 32.2. The van der Waals surface area contributed by atoms with Crippen molar-refractivity contribution in [2.75, 3.05) is 18.2 Å². The van der Waals surface area contributed by atoms with Crippen molar-refractivity contribution in [1.82, 2.24) is 14.8 Å². The number of rotatable bonds is 7. The summed E-state index contributed by atoms with van der Waals surface area (Å²) >= 11 is 2.54. The van der Waals surface area contributed by atoms with E-state index in [-0.39, 0.29) is 11.7 Å². The summed E-state index contributed by atoms with van der Waals surface area (Å²) in [6.07, 6.45) is 1.60. The minimum absolute atomic E-state index is 0.107. The Morgan fingerprint density at radius 2 is 1.97 bits per heavy atom. The topological polar surface area (TPSA) is 99.2 Å². The maximum absolute atomic E-state index is 12.6. The van der Waals surface area contributed by atoms with Crippen molar-refractivity contribution in [3.63, 3.8) is 0 Å². The molecule has 0 saturated heterocycles. The highest BCUT2D eigenvalue weighted by molar-refractivity contribution is 7.99. The highest BCUT2D eigenvalue weighted by Crippen LogP contribution is 2.36. The molecule has 10 heteroatoms. The van der Waals surface area contributed by atoms with E-state index >= 15 is 0 Å². The molecule has 0 bridgehead atoms. The fraction of sp³-hybridized carbons (Fsp3) is 0.182. The van der Waals surface area contributed by atoms with Crippen LogP contribution < -0.4 is 5.32 Å². The number of ether oxygens (including phenoxy) is 1. The molecule has 164 valence electrons. The minimum Gasteiger partial charge on any atom is -0.469 e. The number of nitrogens with zero attached hydrogens (tertiary/aromatic N) is 3. The van der Waals surface area contributed by atoms with Crippen molar-refractivity contribution in [3.05, 3.63) is 59.4 Å². The number of anilines is 1. The first-order valence-electron chi connectivity index (χ1n) is 9.61. The van der Waals surface area contributed by atoms with Crippen LogP contribution in [-0.4, -0.2) is 39.5 Å². The first kappa shape index (κ1) is 21.8. The molecular weight excluding hydrogens is 448 g/mol. The molecule has 1 aromatic carbocycles. The van der Waals surface area contributed by atoms with E-state index in [1.807, 2.05) is 60.3 Å². The molecule has 3 aromatic heterocycles. The lowest BCUT2D eigenvalue weighted by molar-refractivity contribution is -0.113. The van der Waals surface area contributed by atoms with E-state index in [0.717, 1.165) is 22.5 Å². The van der Waals surface area contributed by atoms with Crippen molar-refractivity contribution in [2.45, 2.75) is 12.1 Å². The van der Waals surface area contributed by atoms with E-state index in [9.17, 15) is 9.59 Å². The van der Waals surface area contributed by atoms with Crippen molar-refractivity contribution in [3.8, 4) is 22.5 Å². The zero-order chi connectivity index (χ0) is 22.7. The first-order valence-corrected chi connectivity index (χ1v) is 11.5. The Kier molecular flexibility index (Phi) is 6.42. The maximum atomic E-state index is 12.6. The Hall–Kier alpha value is -3.37. The summed E-state index contributed by atoms with van der Waals surface area (Å²) in [6.45, 7) is 1.86. The van der Waals surface area contributed by atoms with Gasteiger partial charge in [0.15, 0.2) is 11.0 Å². The lowest BCUT2D eigenvalue weighted by Gasteiger charge is -2.08. The largest absolute Gasteiger partial charge is 0.469 e. The molecule has 32 heavy (non-hydrogen) atoms. The van der Waals surface area contributed by atoms with E-state index in [0.29, 0.717) is 21.5 Å². The van der Waals surface area contributed by atoms with E-state index < -0.39 is 5.97 Å². The molecule has 0 unspecified atom stereocenters. The normalized spacial score (nSPS) is 10.8. The highest BCUT2D eigenvalue weighted by Gasteiger charge is 2.23. The van der Waals surface area contributed by atoms with Crippen LogP contribution in [0.1, 0.15) is 16.1 Å². The van der Waals surface area contributed by atoms with Gasteiger partial charge in [-0.25, -0.2) is 4.79 Å². The number of thioether (sulfide) groups is 1. The van der Waals surface area contributed by atoms with Gasteiger partial charge < -0.3 is 19.0 Å². The number of hydrogen-bond donors (Lipinski definition) is 1. The predicted octanol–water partition coefficient (Wildman–Crippen LogP) is 4.63. The van der Waals surface area contributed by atoms with Crippen LogP contribution in [0.25, 0.3) is 22.5 Å². The number of esters is 1. The molecule has 0 atom stereocenters. The molecule has 0 saturated carbocycles. The van der Waals surface area contributed by atoms with E-state index in [1.165, 1.54) is 30.2 Å². The van der Waals surface area contributed by atoms with Crippen LogP contribution in [0.3, 0.4) is 0 Å². The number of amides is 1. The second-order valence-corrected chi connectivity index (χ2v) is 8.63. The van der Waals surface area contributed by atoms with Gasteiger partial charge in [0, 0.05) is 18.0 Å². The zero-order valence-corrected chi connectivity index (χ0v) is 19.3. The van der Waals surface area contributed by atoms with Crippen molar-refractivity contribution >= 4 is 40.0 Å². The molecule has 0 aliphatic rings. The number of nitrogens with one attached hydrogen (secondary N) is 1. The monoisotopic (exact) mass is 468 g/mol. The molecule has 0 radical (unpaired) electrons. The summed E-state index contributed by atoms with van der Waals surface area (Å²) < 4.78 is 12.1. The average molecular weight is 469 g/mol. The average Bonchev–Trinajstić information content (AvgIpc) is 3.51. The van der Waals surface area contributed by atoms with E-state index in [4.69, 9.17) is 9.15 Å². The molecule has 0 aliphatic carbocycles. The number of hydrogen-bond acceptors (Lipinski definition) is 8. The summed E-state index contributed by atoms with van der Waals surface area (Å²) in [4.78, 5) is 25.1. The van der Waals surface area contributed by atoms with Gasteiger partial charge in [-0.2, -0.15) is 0 Å². The van der Waals surface area contributed by atoms with Gasteiger partial charge in [0.05, 0.1) is 24.7 Å². The number of furan rings is 1. The molecule has 1 N–H and O–H groups in total. The van der Waals surface area contributed by atoms with E-state index in [2.05, 4.69) is 15.5 Å². The fourth-order valence-corrected chi connectivity index (χ4v) is 4.85. The summed E-state index contributed by atoms with van der Waals surface area (Å²) in [5.41, 5.74) is 2.79. The number of aromatic nitrogens is 3. The van der Waals surface area contributed by atoms with Crippen molar-refractivity contribution < 1.29 is 18.7 Å².